The highest BCUT2D eigenvalue weighted by Gasteiger charge is 2.33. The van der Waals surface area contributed by atoms with Gasteiger partial charge in [-0.1, -0.05) is 11.6 Å². The molecule has 0 fully saturated rings. The van der Waals surface area contributed by atoms with Gasteiger partial charge in [0.15, 0.2) is 0 Å². The zero-order valence-electron chi connectivity index (χ0n) is 7.32. The number of aromatic nitrogens is 1. The van der Waals surface area contributed by atoms with Crippen LogP contribution >= 0.6 is 11.6 Å². The summed E-state index contributed by atoms with van der Waals surface area (Å²) in [7, 11) is 0. The van der Waals surface area contributed by atoms with E-state index in [0.717, 1.165) is 6.20 Å². The van der Waals surface area contributed by atoms with Crippen LogP contribution in [-0.4, -0.2) is 4.98 Å². The molecule has 0 atom stereocenters. The largest absolute Gasteiger partial charge is 0.418 e. The summed E-state index contributed by atoms with van der Waals surface area (Å²) in [5.41, 5.74) is 4.67. The van der Waals surface area contributed by atoms with Crippen LogP contribution in [0.25, 0.3) is 0 Å². The molecule has 0 bridgehead atoms. The van der Waals surface area contributed by atoms with Crippen LogP contribution in [0.1, 0.15) is 16.8 Å². The third-order valence-corrected chi connectivity index (χ3v) is 2.34. The van der Waals surface area contributed by atoms with E-state index in [1.807, 2.05) is 0 Å². The van der Waals surface area contributed by atoms with E-state index in [1.165, 1.54) is 6.92 Å². The van der Waals surface area contributed by atoms with Crippen LogP contribution in [0.15, 0.2) is 6.20 Å². The molecular formula is C8H8ClF3N2. The van der Waals surface area contributed by atoms with E-state index in [1.54, 1.807) is 0 Å². The summed E-state index contributed by atoms with van der Waals surface area (Å²) in [4.78, 5) is 3.55. The Kier molecular flexibility index (Phi) is 3.01. The molecule has 0 aliphatic rings. The van der Waals surface area contributed by atoms with Crippen LogP contribution in [0.3, 0.4) is 0 Å². The molecule has 14 heavy (non-hydrogen) atoms. The first-order chi connectivity index (χ1) is 6.38. The Bertz CT molecular complexity index is 349. The lowest BCUT2D eigenvalue weighted by Crippen LogP contribution is -2.11. The van der Waals surface area contributed by atoms with E-state index in [2.05, 4.69) is 4.98 Å². The minimum absolute atomic E-state index is 0.0117. The Balaban J connectivity index is 3.31. The normalized spacial score (nSPS) is 11.9. The van der Waals surface area contributed by atoms with Crippen LogP contribution in [-0.2, 0) is 12.7 Å². The molecule has 2 N–H and O–H groups in total. The van der Waals surface area contributed by atoms with Crippen molar-refractivity contribution >= 4 is 11.6 Å². The first kappa shape index (κ1) is 11.3. The van der Waals surface area contributed by atoms with Gasteiger partial charge < -0.3 is 5.73 Å². The minimum Gasteiger partial charge on any atom is -0.325 e. The maximum Gasteiger partial charge on any atom is 0.418 e. The topological polar surface area (TPSA) is 38.9 Å². The third-order valence-electron chi connectivity index (χ3n) is 1.83. The number of nitrogens with zero attached hydrogens (tertiary/aromatic N) is 1. The minimum atomic E-state index is -4.42. The second kappa shape index (κ2) is 3.74. The van der Waals surface area contributed by atoms with Gasteiger partial charge in [0.2, 0.25) is 0 Å². The van der Waals surface area contributed by atoms with Crippen molar-refractivity contribution in [3.05, 3.63) is 28.0 Å². The number of hydrogen-bond acceptors (Lipinski definition) is 2. The molecule has 1 heterocycles. The number of halogens is 4. The average molecular weight is 225 g/mol. The molecule has 2 nitrogen and oxygen atoms in total. The first-order valence-corrected chi connectivity index (χ1v) is 4.17. The molecule has 78 valence electrons. The summed E-state index contributed by atoms with van der Waals surface area (Å²) in [6.45, 7) is 1.32. The zero-order chi connectivity index (χ0) is 10.9. The Labute approximate surface area is 83.9 Å². The molecule has 0 aliphatic carbocycles. The lowest BCUT2D eigenvalue weighted by atomic mass is 10.1. The van der Waals surface area contributed by atoms with E-state index in [9.17, 15) is 13.2 Å². The van der Waals surface area contributed by atoms with Gasteiger partial charge in [-0.2, -0.15) is 13.2 Å². The van der Waals surface area contributed by atoms with Crippen molar-refractivity contribution in [2.24, 2.45) is 5.73 Å². The van der Waals surface area contributed by atoms with Gasteiger partial charge in [-0.15, -0.1) is 0 Å². The fourth-order valence-corrected chi connectivity index (χ4v) is 1.29. The Morgan fingerprint density at radius 1 is 1.50 bits per heavy atom. The first-order valence-electron chi connectivity index (χ1n) is 3.79. The van der Waals surface area contributed by atoms with Crippen LogP contribution in [0.2, 0.25) is 5.02 Å². The van der Waals surface area contributed by atoms with Crippen LogP contribution < -0.4 is 5.73 Å². The van der Waals surface area contributed by atoms with Crippen LogP contribution in [0.5, 0.6) is 0 Å². The summed E-state index contributed by atoms with van der Waals surface area (Å²) >= 11 is 5.66. The average Bonchev–Trinajstić information content (AvgIpc) is 2.07. The molecule has 0 amide bonds. The fourth-order valence-electron chi connectivity index (χ4n) is 1.06. The van der Waals surface area contributed by atoms with Gasteiger partial charge in [-0.05, 0) is 12.5 Å². The fraction of sp³-hybridized carbons (Fsp3) is 0.375. The van der Waals surface area contributed by atoms with Gasteiger partial charge in [0.25, 0.3) is 0 Å². The zero-order valence-corrected chi connectivity index (χ0v) is 8.08. The molecular weight excluding hydrogens is 217 g/mol. The predicted octanol–water partition coefficient (Wildman–Crippen LogP) is 2.52. The summed E-state index contributed by atoms with van der Waals surface area (Å²) < 4.78 is 37.0. The second-order valence-electron chi connectivity index (χ2n) is 2.76. The highest BCUT2D eigenvalue weighted by Crippen LogP contribution is 2.34. The van der Waals surface area contributed by atoms with Crippen LogP contribution in [0, 0.1) is 6.92 Å². The number of hydrogen-bond donors (Lipinski definition) is 1. The van der Waals surface area contributed by atoms with Gasteiger partial charge in [0, 0.05) is 12.7 Å². The van der Waals surface area contributed by atoms with Crippen molar-refractivity contribution in [1.29, 1.82) is 0 Å². The van der Waals surface area contributed by atoms with E-state index < -0.39 is 11.7 Å². The van der Waals surface area contributed by atoms with Crippen molar-refractivity contribution in [3.8, 4) is 0 Å². The molecule has 0 aromatic carbocycles. The molecule has 1 rings (SSSR count). The summed E-state index contributed by atoms with van der Waals surface area (Å²) in [6, 6.07) is 0. The molecule has 0 aliphatic heterocycles. The lowest BCUT2D eigenvalue weighted by Gasteiger charge is -2.12. The molecule has 1 aromatic rings. The van der Waals surface area contributed by atoms with Gasteiger partial charge in [0.1, 0.15) is 0 Å². The smallest absolute Gasteiger partial charge is 0.325 e. The van der Waals surface area contributed by atoms with E-state index in [0.29, 0.717) is 0 Å². The van der Waals surface area contributed by atoms with Crippen LogP contribution in [0.4, 0.5) is 13.2 Å². The molecule has 0 saturated carbocycles. The maximum absolute atomic E-state index is 12.3. The van der Waals surface area contributed by atoms with Crippen molar-refractivity contribution in [3.63, 3.8) is 0 Å². The van der Waals surface area contributed by atoms with Crippen molar-refractivity contribution in [2.75, 3.05) is 0 Å². The molecule has 0 radical (unpaired) electrons. The quantitative estimate of drug-likeness (QED) is 0.796. The molecule has 6 heteroatoms. The highest BCUT2D eigenvalue weighted by molar-refractivity contribution is 6.32. The Hall–Kier alpha value is -0.810. The third kappa shape index (κ3) is 1.99. The second-order valence-corrected chi connectivity index (χ2v) is 3.14. The molecule has 0 saturated heterocycles. The van der Waals surface area contributed by atoms with Crippen molar-refractivity contribution in [1.82, 2.24) is 4.98 Å². The Morgan fingerprint density at radius 2 is 2.07 bits per heavy atom. The summed E-state index contributed by atoms with van der Waals surface area (Å²) in [5.74, 6) is 0. The van der Waals surface area contributed by atoms with Gasteiger partial charge in [0.05, 0.1) is 16.3 Å². The SMILES string of the molecule is Cc1c(C(F)(F)F)cnc(CN)c1Cl. The predicted molar refractivity (Wildman–Crippen MR) is 46.9 cm³/mol. The van der Waals surface area contributed by atoms with Crippen molar-refractivity contribution in [2.45, 2.75) is 19.6 Å². The standard InChI is InChI=1S/C8H8ClF3N2/c1-4-5(8(10,11)12)3-14-6(2-13)7(4)9/h3H,2,13H2,1H3. The highest BCUT2D eigenvalue weighted by atomic mass is 35.5. The van der Waals surface area contributed by atoms with E-state index in [4.69, 9.17) is 17.3 Å². The molecule has 0 unspecified atom stereocenters. The maximum atomic E-state index is 12.3. The number of alkyl halides is 3. The summed E-state index contributed by atoms with van der Waals surface area (Å²) in [6.07, 6.45) is -3.67. The Morgan fingerprint density at radius 3 is 2.50 bits per heavy atom. The van der Waals surface area contributed by atoms with Gasteiger partial charge in [-0.3, -0.25) is 4.98 Å². The number of nitrogens with two attached hydrogens (primary N) is 1. The van der Waals surface area contributed by atoms with Gasteiger partial charge >= 0.3 is 6.18 Å². The molecule has 1 aromatic heterocycles. The monoisotopic (exact) mass is 224 g/mol. The summed E-state index contributed by atoms with van der Waals surface area (Å²) in [5, 5.41) is -0.0117. The number of rotatable bonds is 1. The van der Waals surface area contributed by atoms with E-state index >= 15 is 0 Å². The van der Waals surface area contributed by atoms with Gasteiger partial charge in [-0.25, -0.2) is 0 Å². The lowest BCUT2D eigenvalue weighted by molar-refractivity contribution is -0.138. The van der Waals surface area contributed by atoms with Crippen molar-refractivity contribution < 1.29 is 13.2 Å². The number of pyridine rings is 1. The molecule has 0 spiro atoms. The van der Waals surface area contributed by atoms with E-state index in [-0.39, 0.29) is 22.8 Å².